The van der Waals surface area contributed by atoms with Crippen molar-refractivity contribution >= 4 is 0 Å². The van der Waals surface area contributed by atoms with Gasteiger partial charge in [0.25, 0.3) is 0 Å². The molecule has 2 aromatic rings. The number of aromatic hydroxyl groups is 1. The van der Waals surface area contributed by atoms with E-state index in [4.69, 9.17) is 4.74 Å². The highest BCUT2D eigenvalue weighted by Crippen LogP contribution is 2.29. The zero-order valence-corrected chi connectivity index (χ0v) is 11.2. The van der Waals surface area contributed by atoms with Crippen LogP contribution in [0.25, 0.3) is 11.3 Å². The maximum absolute atomic E-state index is 10.4. The van der Waals surface area contributed by atoms with Crippen molar-refractivity contribution in [1.29, 1.82) is 0 Å². The van der Waals surface area contributed by atoms with Gasteiger partial charge in [-0.3, -0.25) is 4.90 Å². The molecule has 1 aliphatic rings. The van der Waals surface area contributed by atoms with Gasteiger partial charge in [0.15, 0.2) is 5.75 Å². The van der Waals surface area contributed by atoms with Crippen LogP contribution >= 0.6 is 0 Å². The van der Waals surface area contributed by atoms with Crippen molar-refractivity contribution < 1.29 is 9.84 Å². The van der Waals surface area contributed by atoms with Gasteiger partial charge in [0.2, 0.25) is 0 Å². The Bertz CT molecular complexity index is 569. The largest absolute Gasteiger partial charge is 0.504 e. The Balaban J connectivity index is 1.85. The lowest BCUT2D eigenvalue weighted by Gasteiger charge is -2.26. The Hall–Kier alpha value is -1.98. The van der Waals surface area contributed by atoms with Gasteiger partial charge in [0, 0.05) is 25.2 Å². The molecule has 1 aromatic carbocycles. The van der Waals surface area contributed by atoms with Gasteiger partial charge in [0.05, 0.1) is 13.2 Å². The third kappa shape index (κ3) is 2.79. The maximum atomic E-state index is 10.4. The lowest BCUT2D eigenvalue weighted by molar-refractivity contribution is 0.0333. The van der Waals surface area contributed by atoms with Crippen LogP contribution in [0.4, 0.5) is 0 Å². The van der Waals surface area contributed by atoms with Gasteiger partial charge in [-0.05, 0) is 0 Å². The predicted molar refractivity (Wildman–Crippen MR) is 75.2 cm³/mol. The summed E-state index contributed by atoms with van der Waals surface area (Å²) in [4.78, 5) is 10.6. The molecule has 0 atom stereocenters. The highest BCUT2D eigenvalue weighted by Gasteiger charge is 2.16. The number of aromatic nitrogens is 2. The lowest BCUT2D eigenvalue weighted by Crippen LogP contribution is -2.35. The van der Waals surface area contributed by atoms with Crippen molar-refractivity contribution in [3.05, 3.63) is 42.4 Å². The van der Waals surface area contributed by atoms with E-state index >= 15 is 0 Å². The fourth-order valence-electron chi connectivity index (χ4n) is 2.31. The van der Waals surface area contributed by atoms with E-state index in [0.717, 1.165) is 31.9 Å². The first-order valence-corrected chi connectivity index (χ1v) is 6.73. The van der Waals surface area contributed by atoms with Crippen LogP contribution in [0.15, 0.2) is 36.7 Å². The van der Waals surface area contributed by atoms with Gasteiger partial charge >= 0.3 is 0 Å². The fourth-order valence-corrected chi connectivity index (χ4v) is 2.31. The van der Waals surface area contributed by atoms with Crippen molar-refractivity contribution in [3.8, 4) is 17.0 Å². The van der Waals surface area contributed by atoms with Crippen LogP contribution in [-0.4, -0.2) is 46.3 Å². The van der Waals surface area contributed by atoms with Crippen molar-refractivity contribution in [2.45, 2.75) is 6.54 Å². The Morgan fingerprint density at radius 2 is 1.85 bits per heavy atom. The van der Waals surface area contributed by atoms with Gasteiger partial charge < -0.3 is 9.84 Å². The summed E-state index contributed by atoms with van der Waals surface area (Å²) >= 11 is 0. The number of rotatable bonds is 3. The predicted octanol–water partition coefficient (Wildman–Crippen LogP) is 1.68. The molecule has 0 spiro atoms. The summed E-state index contributed by atoms with van der Waals surface area (Å²) in [6.07, 6.45) is 1.51. The molecule has 5 nitrogen and oxygen atoms in total. The molecule has 20 heavy (non-hydrogen) atoms. The molecule has 0 amide bonds. The molecule has 1 aliphatic heterocycles. The standard InChI is InChI=1S/C15H17N3O2/c19-15-13(10-18-6-8-20-9-7-18)16-11-17-14(15)12-4-2-1-3-5-12/h1-5,11,19H,6-10H2. The molecule has 1 fully saturated rings. The minimum atomic E-state index is 0.171. The normalized spacial score (nSPS) is 16.2. The zero-order valence-electron chi connectivity index (χ0n) is 11.2. The molecule has 0 unspecified atom stereocenters. The van der Waals surface area contributed by atoms with Gasteiger partial charge in [-0.1, -0.05) is 30.3 Å². The van der Waals surface area contributed by atoms with E-state index in [0.29, 0.717) is 17.9 Å². The second kappa shape index (κ2) is 5.98. The number of benzene rings is 1. The zero-order chi connectivity index (χ0) is 13.8. The summed E-state index contributed by atoms with van der Waals surface area (Å²) in [5.41, 5.74) is 2.15. The molecular weight excluding hydrogens is 254 g/mol. The molecule has 0 saturated carbocycles. The van der Waals surface area contributed by atoms with Crippen LogP contribution in [0.2, 0.25) is 0 Å². The fraction of sp³-hybridized carbons (Fsp3) is 0.333. The van der Waals surface area contributed by atoms with Crippen molar-refractivity contribution in [1.82, 2.24) is 14.9 Å². The number of morpholine rings is 1. The summed E-state index contributed by atoms with van der Waals surface area (Å²) in [6, 6.07) is 9.66. The van der Waals surface area contributed by atoms with Crippen LogP contribution in [0.3, 0.4) is 0 Å². The first-order chi connectivity index (χ1) is 9.84. The summed E-state index contributed by atoms with van der Waals surface area (Å²) in [5, 5.41) is 10.4. The molecule has 0 bridgehead atoms. The third-order valence-electron chi connectivity index (χ3n) is 3.42. The molecule has 0 aliphatic carbocycles. The maximum Gasteiger partial charge on any atom is 0.165 e. The molecule has 1 aromatic heterocycles. The summed E-state index contributed by atoms with van der Waals surface area (Å²) in [6.45, 7) is 3.82. The van der Waals surface area contributed by atoms with E-state index in [2.05, 4.69) is 14.9 Å². The number of ether oxygens (including phenoxy) is 1. The van der Waals surface area contributed by atoms with Crippen molar-refractivity contribution in [3.63, 3.8) is 0 Å². The molecule has 0 radical (unpaired) electrons. The van der Waals surface area contributed by atoms with Crippen LogP contribution in [0.5, 0.6) is 5.75 Å². The average molecular weight is 271 g/mol. The molecular formula is C15H17N3O2. The molecule has 1 N–H and O–H groups in total. The molecule has 1 saturated heterocycles. The second-order valence-corrected chi connectivity index (χ2v) is 4.77. The highest BCUT2D eigenvalue weighted by molar-refractivity contribution is 5.66. The summed E-state index contributed by atoms with van der Waals surface area (Å²) in [7, 11) is 0. The van der Waals surface area contributed by atoms with E-state index in [1.807, 2.05) is 30.3 Å². The van der Waals surface area contributed by atoms with Gasteiger partial charge in [-0.25, -0.2) is 9.97 Å². The third-order valence-corrected chi connectivity index (χ3v) is 3.42. The molecule has 5 heteroatoms. The number of nitrogens with zero attached hydrogens (tertiary/aromatic N) is 3. The minimum absolute atomic E-state index is 0.171. The minimum Gasteiger partial charge on any atom is -0.504 e. The van der Waals surface area contributed by atoms with Gasteiger partial charge in [-0.15, -0.1) is 0 Å². The summed E-state index contributed by atoms with van der Waals surface area (Å²) < 4.78 is 5.32. The molecule has 3 rings (SSSR count). The van der Waals surface area contributed by atoms with Crippen LogP contribution in [0, 0.1) is 0 Å². The van der Waals surface area contributed by atoms with Gasteiger partial charge in [-0.2, -0.15) is 0 Å². The van der Waals surface area contributed by atoms with Crippen molar-refractivity contribution in [2.75, 3.05) is 26.3 Å². The van der Waals surface area contributed by atoms with E-state index in [-0.39, 0.29) is 5.75 Å². The molecule has 104 valence electrons. The van der Waals surface area contributed by atoms with E-state index in [1.165, 1.54) is 6.33 Å². The second-order valence-electron chi connectivity index (χ2n) is 4.77. The van der Waals surface area contributed by atoms with E-state index < -0.39 is 0 Å². The molecule has 2 heterocycles. The lowest BCUT2D eigenvalue weighted by atomic mass is 10.1. The van der Waals surface area contributed by atoms with Crippen LogP contribution < -0.4 is 0 Å². The Morgan fingerprint density at radius 1 is 1.10 bits per heavy atom. The Labute approximate surface area is 117 Å². The topological polar surface area (TPSA) is 58.5 Å². The Kier molecular flexibility index (Phi) is 3.90. The number of hydrogen-bond acceptors (Lipinski definition) is 5. The van der Waals surface area contributed by atoms with Crippen LogP contribution in [0.1, 0.15) is 5.69 Å². The first kappa shape index (κ1) is 13.0. The van der Waals surface area contributed by atoms with Crippen molar-refractivity contribution in [2.24, 2.45) is 0 Å². The van der Waals surface area contributed by atoms with E-state index in [9.17, 15) is 5.11 Å². The first-order valence-electron chi connectivity index (χ1n) is 6.73. The summed E-state index contributed by atoms with van der Waals surface area (Å²) in [5.74, 6) is 0.171. The SMILES string of the molecule is Oc1c(CN2CCOCC2)ncnc1-c1ccccc1. The van der Waals surface area contributed by atoms with Crippen LogP contribution in [-0.2, 0) is 11.3 Å². The van der Waals surface area contributed by atoms with E-state index in [1.54, 1.807) is 0 Å². The smallest absolute Gasteiger partial charge is 0.165 e. The number of hydrogen-bond donors (Lipinski definition) is 1. The average Bonchev–Trinajstić information content (AvgIpc) is 2.51. The van der Waals surface area contributed by atoms with Gasteiger partial charge in [0.1, 0.15) is 17.7 Å². The quantitative estimate of drug-likeness (QED) is 0.920. The monoisotopic (exact) mass is 271 g/mol. The Morgan fingerprint density at radius 3 is 2.60 bits per heavy atom. The highest BCUT2D eigenvalue weighted by atomic mass is 16.5.